The van der Waals surface area contributed by atoms with Crippen LogP contribution in [0.15, 0.2) is 48.5 Å². The summed E-state index contributed by atoms with van der Waals surface area (Å²) in [6, 6.07) is 11.7. The van der Waals surface area contributed by atoms with E-state index in [1.54, 1.807) is 12.1 Å². The van der Waals surface area contributed by atoms with Gasteiger partial charge in [0, 0.05) is 24.2 Å². The van der Waals surface area contributed by atoms with Gasteiger partial charge in [-0.15, -0.1) is 0 Å². The van der Waals surface area contributed by atoms with Gasteiger partial charge < -0.3 is 20.8 Å². The number of unbranched alkanes of at least 4 members (excludes halogenated alkanes) is 3. The van der Waals surface area contributed by atoms with Crippen LogP contribution >= 0.6 is 0 Å². The lowest BCUT2D eigenvalue weighted by atomic mass is 10.1. The van der Waals surface area contributed by atoms with Crippen LogP contribution in [0.25, 0.3) is 0 Å². The molecule has 8 heteroatoms. The maximum Gasteiger partial charge on any atom is 0.335 e. The van der Waals surface area contributed by atoms with Crippen LogP contribution in [-0.2, 0) is 0 Å². The van der Waals surface area contributed by atoms with Gasteiger partial charge in [0.1, 0.15) is 0 Å². The van der Waals surface area contributed by atoms with E-state index >= 15 is 0 Å². The number of carboxylic acid groups (broad SMARTS) is 2. The molecule has 2 rings (SSSR count). The van der Waals surface area contributed by atoms with E-state index in [0.29, 0.717) is 24.2 Å². The van der Waals surface area contributed by atoms with E-state index in [1.807, 2.05) is 0 Å². The number of rotatable bonds is 11. The highest BCUT2D eigenvalue weighted by atomic mass is 16.4. The van der Waals surface area contributed by atoms with Crippen molar-refractivity contribution in [3.05, 3.63) is 70.8 Å². The largest absolute Gasteiger partial charge is 0.478 e. The van der Waals surface area contributed by atoms with E-state index in [-0.39, 0.29) is 22.9 Å². The smallest absolute Gasteiger partial charge is 0.335 e. The number of aromatic carboxylic acids is 2. The second-order valence-corrected chi connectivity index (χ2v) is 6.70. The van der Waals surface area contributed by atoms with Gasteiger partial charge in [-0.05, 0) is 49.2 Å². The van der Waals surface area contributed by atoms with Crippen molar-refractivity contribution < 1.29 is 29.4 Å². The molecule has 30 heavy (non-hydrogen) atoms. The molecular formula is C22H24N2O6. The molecule has 0 saturated carbocycles. The van der Waals surface area contributed by atoms with Crippen molar-refractivity contribution >= 4 is 23.8 Å². The molecule has 0 aliphatic rings. The van der Waals surface area contributed by atoms with Gasteiger partial charge in [0.05, 0.1) is 11.1 Å². The third-order valence-electron chi connectivity index (χ3n) is 4.42. The fourth-order valence-corrected chi connectivity index (χ4v) is 2.80. The van der Waals surface area contributed by atoms with E-state index in [0.717, 1.165) is 25.7 Å². The van der Waals surface area contributed by atoms with Crippen LogP contribution in [0.4, 0.5) is 0 Å². The molecule has 0 saturated heterocycles. The first-order valence-electron chi connectivity index (χ1n) is 9.61. The summed E-state index contributed by atoms with van der Waals surface area (Å²) in [5.74, 6) is -2.78. The Bertz CT molecular complexity index is 850. The lowest BCUT2D eigenvalue weighted by Gasteiger charge is -2.07. The molecule has 0 heterocycles. The molecule has 0 fully saturated rings. The number of benzene rings is 2. The van der Waals surface area contributed by atoms with Gasteiger partial charge in [0.2, 0.25) is 0 Å². The SMILES string of the molecule is O=C(O)c1cccc(C(=O)NCCCCCCNC(=O)c2cccc(C(=O)O)c2)c1. The molecule has 4 N–H and O–H groups in total. The van der Waals surface area contributed by atoms with Crippen LogP contribution in [-0.4, -0.2) is 47.1 Å². The molecule has 0 unspecified atom stereocenters. The minimum absolute atomic E-state index is 0.0689. The van der Waals surface area contributed by atoms with Gasteiger partial charge in [-0.25, -0.2) is 9.59 Å². The summed E-state index contributed by atoms with van der Waals surface area (Å²) in [6.45, 7) is 0.953. The maximum atomic E-state index is 12.0. The normalized spacial score (nSPS) is 10.3. The fraction of sp³-hybridized carbons (Fsp3) is 0.273. The zero-order valence-corrected chi connectivity index (χ0v) is 16.4. The van der Waals surface area contributed by atoms with Crippen molar-refractivity contribution in [2.24, 2.45) is 0 Å². The Morgan fingerprint density at radius 1 is 0.600 bits per heavy atom. The van der Waals surface area contributed by atoms with Gasteiger partial charge in [0.15, 0.2) is 0 Å². The van der Waals surface area contributed by atoms with Crippen LogP contribution < -0.4 is 10.6 Å². The molecule has 158 valence electrons. The molecule has 0 bridgehead atoms. The van der Waals surface area contributed by atoms with Gasteiger partial charge >= 0.3 is 11.9 Å². The Labute approximate surface area is 173 Å². The van der Waals surface area contributed by atoms with Crippen molar-refractivity contribution in [2.75, 3.05) is 13.1 Å². The number of hydrogen-bond donors (Lipinski definition) is 4. The van der Waals surface area contributed by atoms with E-state index in [9.17, 15) is 19.2 Å². The Kier molecular flexibility index (Phi) is 8.56. The van der Waals surface area contributed by atoms with Crippen molar-refractivity contribution in [2.45, 2.75) is 25.7 Å². The van der Waals surface area contributed by atoms with E-state index in [2.05, 4.69) is 10.6 Å². The number of hydrogen-bond acceptors (Lipinski definition) is 4. The molecule has 0 aliphatic heterocycles. The van der Waals surface area contributed by atoms with Gasteiger partial charge in [-0.3, -0.25) is 9.59 Å². The minimum Gasteiger partial charge on any atom is -0.478 e. The van der Waals surface area contributed by atoms with Crippen molar-refractivity contribution in [3.8, 4) is 0 Å². The fourth-order valence-electron chi connectivity index (χ4n) is 2.80. The predicted molar refractivity (Wildman–Crippen MR) is 110 cm³/mol. The zero-order valence-electron chi connectivity index (χ0n) is 16.4. The third-order valence-corrected chi connectivity index (χ3v) is 4.42. The van der Waals surface area contributed by atoms with Gasteiger partial charge in [0.25, 0.3) is 11.8 Å². The molecule has 2 aromatic carbocycles. The first-order valence-corrected chi connectivity index (χ1v) is 9.61. The summed E-state index contributed by atoms with van der Waals surface area (Å²) in [5, 5.41) is 23.4. The number of amides is 2. The monoisotopic (exact) mass is 412 g/mol. The highest BCUT2D eigenvalue weighted by Crippen LogP contribution is 2.07. The molecule has 0 aliphatic carbocycles. The van der Waals surface area contributed by atoms with Crippen LogP contribution in [0.1, 0.15) is 67.1 Å². The number of nitrogens with one attached hydrogen (secondary N) is 2. The van der Waals surface area contributed by atoms with Crippen molar-refractivity contribution in [3.63, 3.8) is 0 Å². The number of carbonyl (C=O) groups excluding carboxylic acids is 2. The van der Waals surface area contributed by atoms with Crippen LogP contribution in [0.3, 0.4) is 0 Å². The van der Waals surface area contributed by atoms with Crippen molar-refractivity contribution in [1.82, 2.24) is 10.6 Å². The molecule has 0 aromatic heterocycles. The third kappa shape index (κ3) is 7.05. The first kappa shape index (κ1) is 22.6. The first-order chi connectivity index (χ1) is 14.4. The summed E-state index contributed by atoms with van der Waals surface area (Å²) >= 11 is 0. The van der Waals surface area contributed by atoms with E-state index in [1.165, 1.54) is 36.4 Å². The maximum absolute atomic E-state index is 12.0. The summed E-state index contributed by atoms with van der Waals surface area (Å²) < 4.78 is 0. The Morgan fingerprint density at radius 3 is 1.33 bits per heavy atom. The molecule has 2 amide bonds. The predicted octanol–water partition coefficient (Wildman–Crippen LogP) is 2.80. The summed E-state index contributed by atoms with van der Waals surface area (Å²) in [4.78, 5) is 46.0. The topological polar surface area (TPSA) is 133 Å². The minimum atomic E-state index is -1.08. The highest BCUT2D eigenvalue weighted by molar-refractivity contribution is 5.98. The quantitative estimate of drug-likeness (QED) is 0.420. The van der Waals surface area contributed by atoms with Crippen LogP contribution in [0.5, 0.6) is 0 Å². The Hall–Kier alpha value is -3.68. The average Bonchev–Trinajstić information content (AvgIpc) is 2.75. The molecule has 0 radical (unpaired) electrons. The summed E-state index contributed by atoms with van der Waals surface area (Å²) in [6.07, 6.45) is 3.25. The Morgan fingerprint density at radius 2 is 0.967 bits per heavy atom. The van der Waals surface area contributed by atoms with Crippen LogP contribution in [0, 0.1) is 0 Å². The Balaban J connectivity index is 1.60. The molecule has 0 spiro atoms. The van der Waals surface area contributed by atoms with Crippen molar-refractivity contribution in [1.29, 1.82) is 0 Å². The molecule has 0 atom stereocenters. The molecule has 8 nitrogen and oxygen atoms in total. The zero-order chi connectivity index (χ0) is 21.9. The second kappa shape index (κ2) is 11.4. The second-order valence-electron chi connectivity index (χ2n) is 6.70. The standard InChI is InChI=1S/C22H24N2O6/c25-19(15-7-5-9-17(13-15)21(27)28)23-11-3-1-2-4-12-24-20(26)16-8-6-10-18(14-16)22(29)30/h5-10,13-14H,1-4,11-12H2,(H,23,25)(H,24,26)(H,27,28)(H,29,30). The number of carbonyl (C=O) groups is 4. The summed E-state index contributed by atoms with van der Waals surface area (Å²) in [5.41, 5.74) is 0.757. The lowest BCUT2D eigenvalue weighted by Crippen LogP contribution is -2.25. The van der Waals surface area contributed by atoms with E-state index < -0.39 is 11.9 Å². The molecular weight excluding hydrogens is 388 g/mol. The van der Waals surface area contributed by atoms with Crippen LogP contribution in [0.2, 0.25) is 0 Å². The van der Waals surface area contributed by atoms with E-state index in [4.69, 9.17) is 10.2 Å². The molecule has 2 aromatic rings. The van der Waals surface area contributed by atoms with Gasteiger partial charge in [-0.1, -0.05) is 25.0 Å². The van der Waals surface area contributed by atoms with Gasteiger partial charge in [-0.2, -0.15) is 0 Å². The number of carboxylic acids is 2. The average molecular weight is 412 g/mol. The summed E-state index contributed by atoms with van der Waals surface area (Å²) in [7, 11) is 0. The highest BCUT2D eigenvalue weighted by Gasteiger charge is 2.10. The lowest BCUT2D eigenvalue weighted by molar-refractivity contribution is 0.0686.